The summed E-state index contributed by atoms with van der Waals surface area (Å²) in [5, 5.41) is 14.1. The summed E-state index contributed by atoms with van der Waals surface area (Å²) in [7, 11) is 4.89. The van der Waals surface area contributed by atoms with Crippen molar-refractivity contribution in [2.24, 2.45) is 0 Å². The van der Waals surface area contributed by atoms with Gasteiger partial charge in [-0.15, -0.1) is 5.10 Å². The van der Waals surface area contributed by atoms with Crippen molar-refractivity contribution < 1.29 is 27.8 Å². The molecule has 5 rings (SSSR count). The molecular weight excluding hydrogens is 534 g/mol. The lowest BCUT2D eigenvalue weighted by atomic mass is 9.65. The van der Waals surface area contributed by atoms with Crippen LogP contribution in [-0.4, -0.2) is 72.4 Å². The SMILES string of the molecule is COCc1cn(CCN2CCC3(c4ccc(OC)c(OC)c4)CCC(NC(=O)Nc4ccc(F)c(F)c4)CC23)nn1. The number of methoxy groups -OCH3 is 3. The zero-order valence-corrected chi connectivity index (χ0v) is 23.5. The number of fused-ring (bicyclic) bond motifs is 1. The largest absolute Gasteiger partial charge is 0.493 e. The number of hydrogen-bond acceptors (Lipinski definition) is 7. The first-order chi connectivity index (χ1) is 19.8. The van der Waals surface area contributed by atoms with E-state index in [9.17, 15) is 13.6 Å². The first kappa shape index (κ1) is 28.7. The maximum atomic E-state index is 13.6. The third-order valence-corrected chi connectivity index (χ3v) is 8.34. The van der Waals surface area contributed by atoms with Crippen molar-refractivity contribution in [3.63, 3.8) is 0 Å². The number of anilines is 1. The van der Waals surface area contributed by atoms with Crippen LogP contribution in [-0.2, 0) is 23.3 Å². The lowest BCUT2D eigenvalue weighted by Crippen LogP contribution is -2.53. The van der Waals surface area contributed by atoms with Crippen molar-refractivity contribution in [2.45, 2.75) is 56.3 Å². The van der Waals surface area contributed by atoms with Crippen molar-refractivity contribution in [1.29, 1.82) is 0 Å². The highest BCUT2D eigenvalue weighted by molar-refractivity contribution is 5.89. The topological polar surface area (TPSA) is 103 Å². The number of aromatic nitrogens is 3. The van der Waals surface area contributed by atoms with Gasteiger partial charge in [0, 0.05) is 42.9 Å². The lowest BCUT2D eigenvalue weighted by Gasteiger charge is -2.45. The van der Waals surface area contributed by atoms with E-state index in [1.54, 1.807) is 21.3 Å². The van der Waals surface area contributed by atoms with Crippen LogP contribution in [0.5, 0.6) is 11.5 Å². The van der Waals surface area contributed by atoms with E-state index in [2.05, 4.69) is 38.0 Å². The number of nitrogens with zero attached hydrogens (tertiary/aromatic N) is 4. The molecule has 1 saturated carbocycles. The van der Waals surface area contributed by atoms with Gasteiger partial charge in [0.15, 0.2) is 23.1 Å². The van der Waals surface area contributed by atoms with Crippen LogP contribution in [0.4, 0.5) is 19.3 Å². The minimum Gasteiger partial charge on any atom is -0.493 e. The maximum Gasteiger partial charge on any atom is 0.319 e. The van der Waals surface area contributed by atoms with Crippen molar-refractivity contribution in [1.82, 2.24) is 25.2 Å². The van der Waals surface area contributed by atoms with Crippen LogP contribution in [0.25, 0.3) is 0 Å². The molecule has 10 nitrogen and oxygen atoms in total. The molecule has 2 fully saturated rings. The van der Waals surface area contributed by atoms with Gasteiger partial charge in [0.1, 0.15) is 5.69 Å². The van der Waals surface area contributed by atoms with Crippen molar-refractivity contribution in [2.75, 3.05) is 39.7 Å². The first-order valence-electron chi connectivity index (χ1n) is 13.7. The second-order valence-corrected chi connectivity index (χ2v) is 10.6. The van der Waals surface area contributed by atoms with Crippen LogP contribution < -0.4 is 20.1 Å². The van der Waals surface area contributed by atoms with Gasteiger partial charge in [-0.2, -0.15) is 0 Å². The minimum atomic E-state index is -1.01. The molecule has 3 atom stereocenters. The predicted molar refractivity (Wildman–Crippen MR) is 148 cm³/mol. The zero-order chi connectivity index (χ0) is 29.0. The van der Waals surface area contributed by atoms with Crippen LogP contribution in [0.15, 0.2) is 42.6 Å². The second kappa shape index (κ2) is 12.4. The number of carbonyl (C=O) groups is 1. The van der Waals surface area contributed by atoms with E-state index in [4.69, 9.17) is 14.2 Å². The van der Waals surface area contributed by atoms with Gasteiger partial charge >= 0.3 is 6.03 Å². The summed E-state index contributed by atoms with van der Waals surface area (Å²) in [6.07, 6.45) is 5.22. The van der Waals surface area contributed by atoms with Gasteiger partial charge in [-0.3, -0.25) is 9.58 Å². The number of likely N-dealkylation sites (tertiary alicyclic amines) is 1. The summed E-state index contributed by atoms with van der Waals surface area (Å²) in [6, 6.07) is 9.05. The number of urea groups is 1. The molecule has 12 heteroatoms. The van der Waals surface area contributed by atoms with E-state index in [0.29, 0.717) is 24.7 Å². The van der Waals surface area contributed by atoms with Crippen LogP contribution >= 0.6 is 0 Å². The number of rotatable bonds is 10. The summed E-state index contributed by atoms with van der Waals surface area (Å²) in [6.45, 7) is 2.74. The summed E-state index contributed by atoms with van der Waals surface area (Å²) < 4.78 is 45.0. The average Bonchev–Trinajstić information content (AvgIpc) is 3.58. The maximum absolute atomic E-state index is 13.6. The van der Waals surface area contributed by atoms with Gasteiger partial charge in [-0.1, -0.05) is 11.3 Å². The molecule has 1 aliphatic carbocycles. The molecule has 3 aromatic rings. The number of carbonyl (C=O) groups excluding carboxylic acids is 1. The normalized spacial score (nSPS) is 22.3. The monoisotopic (exact) mass is 570 g/mol. The fraction of sp³-hybridized carbons (Fsp3) is 0.483. The fourth-order valence-electron chi connectivity index (χ4n) is 6.35. The van der Waals surface area contributed by atoms with Gasteiger partial charge in [0.25, 0.3) is 0 Å². The third kappa shape index (κ3) is 6.13. The summed E-state index contributed by atoms with van der Waals surface area (Å²) in [5.41, 5.74) is 2.04. The molecule has 2 aromatic carbocycles. The number of nitrogens with one attached hydrogen (secondary N) is 2. The second-order valence-electron chi connectivity index (χ2n) is 10.6. The van der Waals surface area contributed by atoms with Gasteiger partial charge in [0.05, 0.1) is 33.6 Å². The Morgan fingerprint density at radius 3 is 2.63 bits per heavy atom. The average molecular weight is 571 g/mol. The Labute approximate surface area is 237 Å². The van der Waals surface area contributed by atoms with Crippen LogP contribution in [0.1, 0.15) is 36.9 Å². The minimum absolute atomic E-state index is 0.0983. The number of halogens is 2. The number of ether oxygens (including phenoxy) is 3. The van der Waals surface area contributed by atoms with Gasteiger partial charge < -0.3 is 24.8 Å². The number of hydrogen-bond donors (Lipinski definition) is 2. The standard InChI is InChI=1S/C29H36F2N6O4/c1-39-18-22-17-37(35-34-22)13-12-36-11-10-29(19-4-7-25(40-2)26(14-19)41-3)9-8-21(16-27(29)36)33-28(38)32-20-5-6-23(30)24(31)15-20/h4-7,14-15,17,21,27H,8-13,16,18H2,1-3H3,(H2,32,33,38). The molecule has 2 N–H and O–H groups in total. The Kier molecular flexibility index (Phi) is 8.69. The highest BCUT2D eigenvalue weighted by Gasteiger charge is 2.51. The highest BCUT2D eigenvalue weighted by atomic mass is 19.2. The molecule has 220 valence electrons. The molecular formula is C29H36F2N6O4. The van der Waals surface area contributed by atoms with E-state index in [-0.39, 0.29) is 23.2 Å². The molecule has 41 heavy (non-hydrogen) atoms. The smallest absolute Gasteiger partial charge is 0.319 e. The Hall–Kier alpha value is -3.77. The first-order valence-corrected chi connectivity index (χ1v) is 13.7. The third-order valence-electron chi connectivity index (χ3n) is 8.34. The Balaban J connectivity index is 1.34. The van der Waals surface area contributed by atoms with Gasteiger partial charge in [-0.25, -0.2) is 13.6 Å². The van der Waals surface area contributed by atoms with E-state index >= 15 is 0 Å². The van der Waals surface area contributed by atoms with Gasteiger partial charge in [0.2, 0.25) is 0 Å². The van der Waals surface area contributed by atoms with E-state index < -0.39 is 17.7 Å². The summed E-state index contributed by atoms with van der Waals surface area (Å²) >= 11 is 0. The predicted octanol–water partition coefficient (Wildman–Crippen LogP) is 4.11. The van der Waals surface area contributed by atoms with E-state index in [1.165, 1.54) is 11.6 Å². The van der Waals surface area contributed by atoms with Gasteiger partial charge in [-0.05, 0) is 62.1 Å². The molecule has 1 aliphatic heterocycles. The van der Waals surface area contributed by atoms with Crippen molar-refractivity contribution >= 4 is 11.7 Å². The van der Waals surface area contributed by atoms with Crippen LogP contribution in [0.3, 0.4) is 0 Å². The molecule has 1 aromatic heterocycles. The molecule has 0 radical (unpaired) electrons. The molecule has 0 spiro atoms. The van der Waals surface area contributed by atoms with Crippen LogP contribution in [0, 0.1) is 11.6 Å². The highest BCUT2D eigenvalue weighted by Crippen LogP contribution is 2.50. The molecule has 2 aliphatic rings. The van der Waals surface area contributed by atoms with E-state index in [0.717, 1.165) is 56.6 Å². The molecule has 0 bridgehead atoms. The van der Waals surface area contributed by atoms with E-state index in [1.807, 2.05) is 16.9 Å². The molecule has 2 heterocycles. The lowest BCUT2D eigenvalue weighted by molar-refractivity contribution is 0.132. The number of amides is 2. The van der Waals surface area contributed by atoms with Crippen LogP contribution in [0.2, 0.25) is 0 Å². The Morgan fingerprint density at radius 2 is 1.88 bits per heavy atom. The zero-order valence-electron chi connectivity index (χ0n) is 23.5. The Bertz CT molecular complexity index is 1370. The summed E-state index contributed by atoms with van der Waals surface area (Å²) in [4.78, 5) is 15.3. The van der Waals surface area contributed by atoms with Crippen molar-refractivity contribution in [3.8, 4) is 11.5 Å². The van der Waals surface area contributed by atoms with Crippen molar-refractivity contribution in [3.05, 3.63) is 65.5 Å². The molecule has 3 unspecified atom stereocenters. The molecule has 2 amide bonds. The fourth-order valence-corrected chi connectivity index (χ4v) is 6.35. The number of benzene rings is 2. The quantitative estimate of drug-likeness (QED) is 0.378. The summed E-state index contributed by atoms with van der Waals surface area (Å²) in [5.74, 6) is -0.599. The Morgan fingerprint density at radius 1 is 1.05 bits per heavy atom. The molecule has 1 saturated heterocycles.